The van der Waals surface area contributed by atoms with Crippen molar-refractivity contribution in [3.05, 3.63) is 65.2 Å². The van der Waals surface area contributed by atoms with Crippen LogP contribution in [0.5, 0.6) is 5.75 Å². The molecular weight excluding hydrogens is 348 g/mol. The summed E-state index contributed by atoms with van der Waals surface area (Å²) in [6.07, 6.45) is -1.09. The standard InChI is InChI=1S/C20H22N2O5/c1-13-8-7-11-17(14(13)2)26-12-18(23)27-15(3)19(24)21-22-20(25)16-9-5-4-6-10-16/h4-11,15H,12H2,1-3H3,(H,21,24)(H,22,25)/t15-/m1/s1. The van der Waals surface area contributed by atoms with Crippen molar-refractivity contribution in [3.63, 3.8) is 0 Å². The number of aryl methyl sites for hydroxylation is 1. The van der Waals surface area contributed by atoms with Gasteiger partial charge in [0.25, 0.3) is 11.8 Å². The molecule has 7 nitrogen and oxygen atoms in total. The van der Waals surface area contributed by atoms with Gasteiger partial charge >= 0.3 is 5.97 Å². The lowest BCUT2D eigenvalue weighted by molar-refractivity contribution is -0.156. The van der Waals surface area contributed by atoms with Gasteiger partial charge in [-0.1, -0.05) is 30.3 Å². The summed E-state index contributed by atoms with van der Waals surface area (Å²) >= 11 is 0. The van der Waals surface area contributed by atoms with E-state index in [-0.39, 0.29) is 6.61 Å². The number of esters is 1. The van der Waals surface area contributed by atoms with E-state index in [4.69, 9.17) is 9.47 Å². The first-order valence-corrected chi connectivity index (χ1v) is 8.42. The van der Waals surface area contributed by atoms with E-state index in [1.165, 1.54) is 6.92 Å². The topological polar surface area (TPSA) is 93.7 Å². The molecule has 2 aromatic rings. The van der Waals surface area contributed by atoms with Gasteiger partial charge < -0.3 is 9.47 Å². The molecule has 0 bridgehead atoms. The van der Waals surface area contributed by atoms with Crippen LogP contribution < -0.4 is 15.6 Å². The Morgan fingerprint density at radius 3 is 2.37 bits per heavy atom. The number of hydrogen-bond donors (Lipinski definition) is 2. The van der Waals surface area contributed by atoms with E-state index in [0.29, 0.717) is 11.3 Å². The van der Waals surface area contributed by atoms with Gasteiger partial charge in [0.15, 0.2) is 12.7 Å². The summed E-state index contributed by atoms with van der Waals surface area (Å²) in [5.41, 5.74) is 6.85. The number of carbonyl (C=O) groups excluding carboxylic acids is 3. The van der Waals surface area contributed by atoms with Crippen LogP contribution in [0.2, 0.25) is 0 Å². The van der Waals surface area contributed by atoms with Gasteiger partial charge in [-0.25, -0.2) is 4.79 Å². The minimum absolute atomic E-state index is 0.321. The lowest BCUT2D eigenvalue weighted by atomic mass is 10.1. The van der Waals surface area contributed by atoms with Gasteiger partial charge in [0.05, 0.1) is 0 Å². The summed E-state index contributed by atoms with van der Waals surface area (Å²) in [4.78, 5) is 35.7. The number of amides is 2. The van der Waals surface area contributed by atoms with Crippen LogP contribution in [-0.4, -0.2) is 30.5 Å². The molecule has 0 aliphatic heterocycles. The Hall–Kier alpha value is -3.35. The molecule has 0 aliphatic rings. The molecule has 2 rings (SSSR count). The zero-order valence-corrected chi connectivity index (χ0v) is 15.4. The third-order valence-electron chi connectivity index (χ3n) is 3.91. The molecule has 2 aromatic carbocycles. The molecule has 27 heavy (non-hydrogen) atoms. The average Bonchev–Trinajstić information content (AvgIpc) is 2.67. The second-order valence-corrected chi connectivity index (χ2v) is 5.93. The largest absolute Gasteiger partial charge is 0.482 e. The van der Waals surface area contributed by atoms with Crippen molar-refractivity contribution < 1.29 is 23.9 Å². The number of nitrogens with one attached hydrogen (secondary N) is 2. The van der Waals surface area contributed by atoms with Gasteiger partial charge in [-0.05, 0) is 50.1 Å². The molecule has 7 heteroatoms. The number of rotatable bonds is 6. The molecular formula is C20H22N2O5. The van der Waals surface area contributed by atoms with Crippen LogP contribution in [0.15, 0.2) is 48.5 Å². The van der Waals surface area contributed by atoms with Crippen molar-refractivity contribution in [1.29, 1.82) is 0 Å². The Kier molecular flexibility index (Phi) is 6.93. The maximum atomic E-state index is 11.9. The SMILES string of the molecule is Cc1cccc(OCC(=O)O[C@H](C)C(=O)NNC(=O)c2ccccc2)c1C. The van der Waals surface area contributed by atoms with Crippen LogP contribution in [0.3, 0.4) is 0 Å². The maximum absolute atomic E-state index is 11.9. The summed E-state index contributed by atoms with van der Waals surface area (Å²) in [5, 5.41) is 0. The number of ether oxygens (including phenoxy) is 2. The quantitative estimate of drug-likeness (QED) is 0.600. The Balaban J connectivity index is 1.77. The molecule has 2 N–H and O–H groups in total. The first kappa shape index (κ1) is 20.0. The highest BCUT2D eigenvalue weighted by molar-refractivity contribution is 5.95. The van der Waals surface area contributed by atoms with Crippen LogP contribution >= 0.6 is 0 Å². The van der Waals surface area contributed by atoms with E-state index in [9.17, 15) is 14.4 Å². The van der Waals surface area contributed by atoms with Crippen molar-refractivity contribution in [3.8, 4) is 5.75 Å². The Labute approximate surface area is 157 Å². The molecule has 0 saturated heterocycles. The van der Waals surface area contributed by atoms with Crippen LogP contribution in [0.1, 0.15) is 28.4 Å². The Morgan fingerprint density at radius 1 is 0.963 bits per heavy atom. The second-order valence-electron chi connectivity index (χ2n) is 5.93. The molecule has 0 aromatic heterocycles. The van der Waals surface area contributed by atoms with Gasteiger partial charge in [0.2, 0.25) is 0 Å². The monoisotopic (exact) mass is 370 g/mol. The molecule has 0 heterocycles. The zero-order valence-electron chi connectivity index (χ0n) is 15.4. The van der Waals surface area contributed by atoms with Crippen molar-refractivity contribution in [2.24, 2.45) is 0 Å². The molecule has 0 spiro atoms. The lowest BCUT2D eigenvalue weighted by Crippen LogP contribution is -2.47. The minimum atomic E-state index is -1.09. The van der Waals surface area contributed by atoms with E-state index in [1.807, 2.05) is 26.0 Å². The van der Waals surface area contributed by atoms with Gasteiger partial charge in [-0.2, -0.15) is 0 Å². The smallest absolute Gasteiger partial charge is 0.344 e. The van der Waals surface area contributed by atoms with Crippen molar-refractivity contribution >= 4 is 17.8 Å². The van der Waals surface area contributed by atoms with Crippen LogP contribution in [-0.2, 0) is 14.3 Å². The van der Waals surface area contributed by atoms with Crippen molar-refractivity contribution in [1.82, 2.24) is 10.9 Å². The maximum Gasteiger partial charge on any atom is 0.344 e. The van der Waals surface area contributed by atoms with Crippen molar-refractivity contribution in [2.75, 3.05) is 6.61 Å². The zero-order chi connectivity index (χ0) is 19.8. The third-order valence-corrected chi connectivity index (χ3v) is 3.91. The lowest BCUT2D eigenvalue weighted by Gasteiger charge is -2.15. The van der Waals surface area contributed by atoms with Gasteiger partial charge in [0, 0.05) is 5.56 Å². The number of hydrogen-bond acceptors (Lipinski definition) is 5. The van der Waals surface area contributed by atoms with Gasteiger partial charge in [0.1, 0.15) is 5.75 Å². The molecule has 2 amide bonds. The average molecular weight is 370 g/mol. The third kappa shape index (κ3) is 5.85. The van der Waals surface area contributed by atoms with Crippen molar-refractivity contribution in [2.45, 2.75) is 26.9 Å². The van der Waals surface area contributed by atoms with E-state index in [0.717, 1.165) is 11.1 Å². The summed E-state index contributed by atoms with van der Waals surface area (Å²) in [7, 11) is 0. The van der Waals surface area contributed by atoms with E-state index in [2.05, 4.69) is 10.9 Å². The summed E-state index contributed by atoms with van der Waals surface area (Å²) in [5.74, 6) is -1.23. The summed E-state index contributed by atoms with van der Waals surface area (Å²) in [6, 6.07) is 13.9. The highest BCUT2D eigenvalue weighted by atomic mass is 16.6. The second kappa shape index (κ2) is 9.38. The summed E-state index contributed by atoms with van der Waals surface area (Å²) < 4.78 is 10.5. The van der Waals surface area contributed by atoms with Crippen LogP contribution in [0.25, 0.3) is 0 Å². The first-order valence-electron chi connectivity index (χ1n) is 8.42. The highest BCUT2D eigenvalue weighted by Gasteiger charge is 2.19. The van der Waals surface area contributed by atoms with Gasteiger partial charge in [-0.3, -0.25) is 20.4 Å². The number of benzene rings is 2. The fraction of sp³-hybridized carbons (Fsp3) is 0.250. The fourth-order valence-corrected chi connectivity index (χ4v) is 2.18. The predicted octanol–water partition coefficient (Wildman–Crippen LogP) is 2.08. The molecule has 0 aliphatic carbocycles. The molecule has 0 fully saturated rings. The van der Waals surface area contributed by atoms with Crippen LogP contribution in [0, 0.1) is 13.8 Å². The number of carbonyl (C=O) groups is 3. The molecule has 142 valence electrons. The highest BCUT2D eigenvalue weighted by Crippen LogP contribution is 2.20. The number of hydrazine groups is 1. The Morgan fingerprint density at radius 2 is 1.67 bits per heavy atom. The summed E-state index contributed by atoms with van der Waals surface area (Å²) in [6.45, 7) is 4.91. The normalized spacial score (nSPS) is 11.2. The predicted molar refractivity (Wildman–Crippen MR) is 99.0 cm³/mol. The molecule has 0 saturated carbocycles. The van der Waals surface area contributed by atoms with E-state index in [1.54, 1.807) is 36.4 Å². The molecule has 0 unspecified atom stereocenters. The Bertz CT molecular complexity index is 820. The minimum Gasteiger partial charge on any atom is -0.482 e. The fourth-order valence-electron chi connectivity index (χ4n) is 2.18. The van der Waals surface area contributed by atoms with E-state index >= 15 is 0 Å². The van der Waals surface area contributed by atoms with Gasteiger partial charge in [-0.15, -0.1) is 0 Å². The van der Waals surface area contributed by atoms with Crippen LogP contribution in [0.4, 0.5) is 0 Å². The molecule has 1 atom stereocenters. The molecule has 0 radical (unpaired) electrons. The first-order chi connectivity index (χ1) is 12.9. The van der Waals surface area contributed by atoms with E-state index < -0.39 is 23.9 Å².